The van der Waals surface area contributed by atoms with Crippen molar-refractivity contribution in [2.24, 2.45) is 0 Å². The van der Waals surface area contributed by atoms with Gasteiger partial charge in [0.15, 0.2) is 0 Å². The third-order valence-electron chi connectivity index (χ3n) is 3.68. The number of hydrogen-bond donors (Lipinski definition) is 3. The molecule has 1 rings (SSSR count). The van der Waals surface area contributed by atoms with Gasteiger partial charge in [-0.05, 0) is 12.8 Å². The first-order chi connectivity index (χ1) is 14.0. The smallest absolute Gasteiger partial charge is 0.300 e. The Balaban J connectivity index is 3.53. The molecule has 0 aliphatic carbocycles. The van der Waals surface area contributed by atoms with Crippen LogP contribution in [0.2, 0.25) is 0 Å². The van der Waals surface area contributed by atoms with Gasteiger partial charge in [0.25, 0.3) is 27.4 Å². The van der Waals surface area contributed by atoms with E-state index in [0.717, 1.165) is 12.3 Å². The van der Waals surface area contributed by atoms with Crippen molar-refractivity contribution in [1.29, 1.82) is 0 Å². The molecule has 0 saturated carbocycles. The van der Waals surface area contributed by atoms with Crippen LogP contribution in [0.25, 0.3) is 0 Å². The van der Waals surface area contributed by atoms with E-state index in [1.165, 1.54) is 0 Å². The van der Waals surface area contributed by atoms with Crippen LogP contribution >= 0.6 is 15.9 Å². The van der Waals surface area contributed by atoms with Crippen molar-refractivity contribution in [2.75, 3.05) is 43.2 Å². The van der Waals surface area contributed by atoms with Crippen LogP contribution in [0.3, 0.4) is 0 Å². The van der Waals surface area contributed by atoms with Gasteiger partial charge < -0.3 is 15.7 Å². The van der Waals surface area contributed by atoms with Gasteiger partial charge in [-0.25, -0.2) is 0 Å². The fourth-order valence-electron chi connectivity index (χ4n) is 2.52. The first-order valence-corrected chi connectivity index (χ1v) is 11.5. The Bertz CT molecular complexity index is 908. The van der Waals surface area contributed by atoms with E-state index >= 15 is 0 Å². The molecule has 13 nitrogen and oxygen atoms in total. The molecule has 0 bridgehead atoms. The summed E-state index contributed by atoms with van der Waals surface area (Å²) in [5, 5.41) is 37.2. The summed E-state index contributed by atoms with van der Waals surface area (Å²) in [6, 6.07) is 0.752. The number of aliphatic hydroxyl groups is 1. The van der Waals surface area contributed by atoms with Gasteiger partial charge in [-0.2, -0.15) is 8.42 Å². The Morgan fingerprint density at radius 1 is 1.23 bits per heavy atom. The second-order valence-corrected chi connectivity index (χ2v) is 8.32. The molecule has 3 N–H and O–H groups in total. The third kappa shape index (κ3) is 7.47. The molecule has 0 unspecified atom stereocenters. The van der Waals surface area contributed by atoms with Crippen LogP contribution in [-0.2, 0) is 20.7 Å². The number of halogens is 1. The first kappa shape index (κ1) is 25.7. The van der Waals surface area contributed by atoms with Gasteiger partial charge in [0, 0.05) is 30.6 Å². The predicted octanol–water partition coefficient (Wildman–Crippen LogP) is 0.941. The molecule has 0 saturated heterocycles. The number of hydrogen-bond acceptors (Lipinski definition) is 10. The molecule has 0 aliphatic heterocycles. The molecule has 30 heavy (non-hydrogen) atoms. The van der Waals surface area contributed by atoms with E-state index in [1.54, 1.807) is 0 Å². The Morgan fingerprint density at radius 3 is 2.37 bits per heavy atom. The fraction of sp³-hybridized carbons (Fsp3) is 0.533. The Labute approximate surface area is 180 Å². The van der Waals surface area contributed by atoms with Crippen molar-refractivity contribution in [3.05, 3.63) is 37.4 Å². The topological polar surface area (TPSA) is 191 Å². The second kappa shape index (κ2) is 11.7. The molecule has 1 amide bonds. The minimum Gasteiger partial charge on any atom is -0.396 e. The summed E-state index contributed by atoms with van der Waals surface area (Å²) in [7, 11) is -3.75. The molecule has 0 heterocycles. The maximum absolute atomic E-state index is 12.8. The van der Waals surface area contributed by atoms with Crippen molar-refractivity contribution >= 4 is 49.0 Å². The van der Waals surface area contributed by atoms with Crippen LogP contribution < -0.4 is 10.6 Å². The Kier molecular flexibility index (Phi) is 10.0. The largest absolute Gasteiger partial charge is 0.396 e. The molecule has 0 atom stereocenters. The van der Waals surface area contributed by atoms with E-state index in [-0.39, 0.29) is 61.3 Å². The van der Waals surface area contributed by atoms with Gasteiger partial charge >= 0.3 is 0 Å². The number of alkyl halides is 1. The van der Waals surface area contributed by atoms with Gasteiger partial charge in [0.2, 0.25) is 0 Å². The monoisotopic (exact) mass is 512 g/mol. The molecule has 0 aromatic heterocycles. The average molecular weight is 513 g/mol. The van der Waals surface area contributed by atoms with Gasteiger partial charge in [0.1, 0.15) is 5.69 Å². The van der Waals surface area contributed by atoms with Crippen molar-refractivity contribution in [2.45, 2.75) is 12.8 Å². The van der Waals surface area contributed by atoms with E-state index in [4.69, 9.17) is 5.11 Å². The predicted molar refractivity (Wildman–Crippen MR) is 111 cm³/mol. The number of nitrogens with zero attached hydrogens (tertiary/aromatic N) is 2. The minimum atomic E-state index is -3.75. The minimum absolute atomic E-state index is 0.0194. The molecule has 1 aromatic rings. The zero-order valence-electron chi connectivity index (χ0n) is 15.9. The summed E-state index contributed by atoms with van der Waals surface area (Å²) in [4.78, 5) is 34.1. The van der Waals surface area contributed by atoms with Crippen LogP contribution in [0.4, 0.5) is 17.1 Å². The van der Waals surface area contributed by atoms with Crippen LogP contribution in [0.15, 0.2) is 6.07 Å². The summed E-state index contributed by atoms with van der Waals surface area (Å²) < 4.78 is 26.7. The normalized spacial score (nSPS) is 11.2. The van der Waals surface area contributed by atoms with E-state index in [2.05, 4.69) is 30.7 Å². The summed E-state index contributed by atoms with van der Waals surface area (Å²) >= 11 is 3.15. The number of nitro groups is 2. The highest BCUT2D eigenvalue weighted by Crippen LogP contribution is 2.38. The van der Waals surface area contributed by atoms with Gasteiger partial charge in [-0.3, -0.25) is 29.2 Å². The number of aliphatic hydroxyl groups excluding tert-OH is 1. The molecular formula is C15H21BrN4O9S. The van der Waals surface area contributed by atoms with Gasteiger partial charge in [-0.1, -0.05) is 15.9 Å². The molecule has 0 spiro atoms. The fourth-order valence-corrected chi connectivity index (χ4v) is 3.30. The molecular weight excluding hydrogens is 492 g/mol. The number of carbonyl (C=O) groups is 1. The van der Waals surface area contributed by atoms with Crippen LogP contribution in [0.5, 0.6) is 0 Å². The average Bonchev–Trinajstić information content (AvgIpc) is 2.64. The maximum Gasteiger partial charge on any atom is 0.300 e. The highest BCUT2D eigenvalue weighted by atomic mass is 79.9. The number of nitrogens with one attached hydrogen (secondary N) is 2. The van der Waals surface area contributed by atoms with Crippen molar-refractivity contribution < 1.29 is 32.3 Å². The van der Waals surface area contributed by atoms with Gasteiger partial charge in [-0.15, -0.1) is 0 Å². The van der Waals surface area contributed by atoms with Gasteiger partial charge in [0.05, 0.1) is 34.3 Å². The molecule has 0 aliphatic rings. The zero-order chi connectivity index (χ0) is 22.9. The lowest BCUT2D eigenvalue weighted by atomic mass is 9.98. The summed E-state index contributed by atoms with van der Waals surface area (Å²) in [6.45, 7) is -0.781. The summed E-state index contributed by atoms with van der Waals surface area (Å²) in [6.07, 6.45) is 1.06. The second-order valence-electron chi connectivity index (χ2n) is 5.88. The standard InChI is InChI=1S/C15H21BrN4O9S/c1-30(27,28)29-8-6-17-14-12(20(25)26)9-11(19(23)24)10(3-4-16)13(14)15(22)18-5-2-7-21/h9,17,21H,2-8H2,1H3,(H,18,22). The van der Waals surface area contributed by atoms with E-state index in [9.17, 15) is 33.4 Å². The first-order valence-electron chi connectivity index (χ1n) is 8.55. The number of rotatable bonds is 13. The van der Waals surface area contributed by atoms with E-state index in [0.29, 0.717) is 0 Å². The molecule has 168 valence electrons. The Hall–Kier alpha value is -2.36. The third-order valence-corrected chi connectivity index (χ3v) is 4.67. The number of benzene rings is 1. The molecule has 0 fully saturated rings. The highest BCUT2D eigenvalue weighted by molar-refractivity contribution is 9.09. The van der Waals surface area contributed by atoms with E-state index in [1.807, 2.05) is 0 Å². The van der Waals surface area contributed by atoms with Crippen LogP contribution in [0, 0.1) is 20.2 Å². The summed E-state index contributed by atoms with van der Waals surface area (Å²) in [5.74, 6) is -0.808. The Morgan fingerprint density at radius 2 is 1.87 bits per heavy atom. The van der Waals surface area contributed by atoms with E-state index < -0.39 is 37.2 Å². The lowest BCUT2D eigenvalue weighted by molar-refractivity contribution is -0.394. The molecule has 1 aromatic carbocycles. The van der Waals surface area contributed by atoms with Crippen LogP contribution in [-0.4, -0.2) is 67.2 Å². The lowest BCUT2D eigenvalue weighted by Gasteiger charge is -2.16. The SMILES string of the molecule is CS(=O)(=O)OCCNc1c([N+](=O)[O-])cc([N+](=O)[O-])c(CCBr)c1C(=O)NCCCO. The van der Waals surface area contributed by atoms with Crippen LogP contribution in [0.1, 0.15) is 22.3 Å². The number of amides is 1. The number of nitro benzene ring substituents is 2. The number of carbonyl (C=O) groups excluding carboxylic acids is 1. The van der Waals surface area contributed by atoms with Crippen molar-refractivity contribution in [3.63, 3.8) is 0 Å². The van der Waals surface area contributed by atoms with Crippen molar-refractivity contribution in [1.82, 2.24) is 5.32 Å². The zero-order valence-corrected chi connectivity index (χ0v) is 18.3. The molecule has 15 heteroatoms. The van der Waals surface area contributed by atoms with Crippen molar-refractivity contribution in [3.8, 4) is 0 Å². The maximum atomic E-state index is 12.8. The lowest BCUT2D eigenvalue weighted by Crippen LogP contribution is -2.28. The number of anilines is 1. The highest BCUT2D eigenvalue weighted by Gasteiger charge is 2.32. The quantitative estimate of drug-likeness (QED) is 0.112. The molecule has 0 radical (unpaired) electrons. The summed E-state index contributed by atoms with van der Waals surface area (Å²) in [5.41, 5.74) is -1.93.